The molecule has 2 heterocycles. The second-order valence-corrected chi connectivity index (χ2v) is 5.48. The maximum atomic E-state index is 11.2. The Morgan fingerprint density at radius 1 is 1.32 bits per heavy atom. The van der Waals surface area contributed by atoms with Crippen molar-refractivity contribution in [3.63, 3.8) is 0 Å². The van der Waals surface area contributed by atoms with Gasteiger partial charge in [-0.2, -0.15) is 0 Å². The molecule has 1 aliphatic rings. The quantitative estimate of drug-likeness (QED) is 0.722. The van der Waals surface area contributed by atoms with Crippen LogP contribution in [0.1, 0.15) is 48.9 Å². The standard InChI is InChI=1S/C14H22ClN3O/c1-2-3-6-13-16-14(15)12(11-19)18(13)10-9-17-7-4-5-8-17/h11H,2-10H2,1H3. The molecule has 0 aliphatic carbocycles. The van der Waals surface area contributed by atoms with E-state index in [4.69, 9.17) is 11.6 Å². The van der Waals surface area contributed by atoms with Gasteiger partial charge in [0, 0.05) is 19.5 Å². The van der Waals surface area contributed by atoms with Crippen molar-refractivity contribution in [1.29, 1.82) is 0 Å². The Balaban J connectivity index is 2.07. The largest absolute Gasteiger partial charge is 0.323 e. The van der Waals surface area contributed by atoms with Crippen molar-refractivity contribution in [2.24, 2.45) is 0 Å². The normalized spacial score (nSPS) is 16.1. The van der Waals surface area contributed by atoms with E-state index in [-0.39, 0.29) is 0 Å². The molecule has 0 aromatic carbocycles. The first-order valence-electron chi connectivity index (χ1n) is 7.18. The van der Waals surface area contributed by atoms with Crippen molar-refractivity contribution < 1.29 is 4.79 Å². The second kappa shape index (κ2) is 7.06. The Morgan fingerprint density at radius 2 is 2.05 bits per heavy atom. The van der Waals surface area contributed by atoms with Gasteiger partial charge in [0.15, 0.2) is 11.4 Å². The van der Waals surface area contributed by atoms with Crippen molar-refractivity contribution in [2.45, 2.75) is 45.6 Å². The van der Waals surface area contributed by atoms with E-state index in [1.807, 2.05) is 4.57 Å². The van der Waals surface area contributed by atoms with Crippen molar-refractivity contribution in [3.05, 3.63) is 16.7 Å². The van der Waals surface area contributed by atoms with Crippen LogP contribution in [0, 0.1) is 0 Å². The molecule has 5 heteroatoms. The van der Waals surface area contributed by atoms with Crippen LogP contribution < -0.4 is 0 Å². The molecule has 4 nitrogen and oxygen atoms in total. The van der Waals surface area contributed by atoms with Crippen LogP contribution >= 0.6 is 11.6 Å². The Morgan fingerprint density at radius 3 is 2.68 bits per heavy atom. The zero-order valence-corrected chi connectivity index (χ0v) is 12.3. The SMILES string of the molecule is CCCCc1nc(Cl)c(C=O)n1CCN1CCCC1. The smallest absolute Gasteiger partial charge is 0.169 e. The summed E-state index contributed by atoms with van der Waals surface area (Å²) in [6.45, 7) is 6.28. The molecule has 1 aromatic heterocycles. The highest BCUT2D eigenvalue weighted by Gasteiger charge is 2.17. The summed E-state index contributed by atoms with van der Waals surface area (Å²) in [7, 11) is 0. The van der Waals surface area contributed by atoms with E-state index in [2.05, 4.69) is 16.8 Å². The van der Waals surface area contributed by atoms with E-state index >= 15 is 0 Å². The van der Waals surface area contributed by atoms with Gasteiger partial charge >= 0.3 is 0 Å². The van der Waals surface area contributed by atoms with Crippen LogP contribution in [0.25, 0.3) is 0 Å². The molecule has 0 radical (unpaired) electrons. The number of rotatable bonds is 7. The molecule has 1 fully saturated rings. The molecule has 106 valence electrons. The maximum absolute atomic E-state index is 11.2. The number of hydrogen-bond donors (Lipinski definition) is 0. The lowest BCUT2D eigenvalue weighted by Crippen LogP contribution is -2.25. The molecule has 1 aromatic rings. The topological polar surface area (TPSA) is 38.1 Å². The van der Waals surface area contributed by atoms with E-state index in [9.17, 15) is 4.79 Å². The number of unbranched alkanes of at least 4 members (excludes halogenated alkanes) is 1. The van der Waals surface area contributed by atoms with E-state index in [1.165, 1.54) is 25.9 Å². The molecule has 1 saturated heterocycles. The fourth-order valence-electron chi connectivity index (χ4n) is 2.62. The Bertz CT molecular complexity index is 425. The third-order valence-corrected chi connectivity index (χ3v) is 4.02. The molecule has 0 N–H and O–H groups in total. The van der Waals surface area contributed by atoms with Crippen LogP contribution in [0.3, 0.4) is 0 Å². The summed E-state index contributed by atoms with van der Waals surface area (Å²) in [5, 5.41) is 0.350. The van der Waals surface area contributed by atoms with Crippen LogP contribution in [0.15, 0.2) is 0 Å². The molecular weight excluding hydrogens is 262 g/mol. The molecule has 0 atom stereocenters. The highest BCUT2D eigenvalue weighted by atomic mass is 35.5. The first kappa shape index (κ1) is 14.5. The van der Waals surface area contributed by atoms with Crippen LogP contribution in [0.2, 0.25) is 5.15 Å². The lowest BCUT2D eigenvalue weighted by molar-refractivity contribution is 0.111. The van der Waals surface area contributed by atoms with Crippen LogP contribution in [-0.2, 0) is 13.0 Å². The first-order valence-corrected chi connectivity index (χ1v) is 7.56. The lowest BCUT2D eigenvalue weighted by Gasteiger charge is -2.16. The molecule has 2 rings (SSSR count). The minimum absolute atomic E-state index is 0.350. The van der Waals surface area contributed by atoms with Crippen LogP contribution in [-0.4, -0.2) is 40.4 Å². The second-order valence-electron chi connectivity index (χ2n) is 5.13. The molecule has 0 amide bonds. The van der Waals surface area contributed by atoms with Crippen LogP contribution in [0.5, 0.6) is 0 Å². The zero-order valence-electron chi connectivity index (χ0n) is 11.6. The van der Waals surface area contributed by atoms with Gasteiger partial charge in [0.05, 0.1) is 0 Å². The number of likely N-dealkylation sites (tertiary alicyclic amines) is 1. The summed E-state index contributed by atoms with van der Waals surface area (Å²) in [4.78, 5) is 18.0. The van der Waals surface area contributed by atoms with Crippen molar-refractivity contribution in [3.8, 4) is 0 Å². The zero-order chi connectivity index (χ0) is 13.7. The molecule has 0 bridgehead atoms. The number of imidazole rings is 1. The van der Waals surface area contributed by atoms with Gasteiger partial charge in [-0.15, -0.1) is 0 Å². The maximum Gasteiger partial charge on any atom is 0.169 e. The minimum atomic E-state index is 0.350. The van der Waals surface area contributed by atoms with E-state index in [1.54, 1.807) is 0 Å². The van der Waals surface area contributed by atoms with Gasteiger partial charge in [0.1, 0.15) is 11.5 Å². The van der Waals surface area contributed by atoms with E-state index in [0.717, 1.165) is 44.5 Å². The lowest BCUT2D eigenvalue weighted by atomic mass is 10.2. The average Bonchev–Trinajstić information content (AvgIpc) is 3.01. The molecule has 0 unspecified atom stereocenters. The number of carbonyl (C=O) groups is 1. The third-order valence-electron chi connectivity index (χ3n) is 3.75. The fraction of sp³-hybridized carbons (Fsp3) is 0.714. The average molecular weight is 284 g/mol. The van der Waals surface area contributed by atoms with Gasteiger partial charge in [-0.25, -0.2) is 4.98 Å². The highest BCUT2D eigenvalue weighted by molar-refractivity contribution is 6.31. The number of carbonyl (C=O) groups excluding carboxylic acids is 1. The highest BCUT2D eigenvalue weighted by Crippen LogP contribution is 2.18. The van der Waals surface area contributed by atoms with Gasteiger partial charge in [-0.3, -0.25) is 4.79 Å². The summed E-state index contributed by atoms with van der Waals surface area (Å²) in [5.74, 6) is 0.952. The van der Waals surface area contributed by atoms with Gasteiger partial charge < -0.3 is 9.47 Å². The van der Waals surface area contributed by atoms with Crippen molar-refractivity contribution in [2.75, 3.05) is 19.6 Å². The van der Waals surface area contributed by atoms with Crippen LogP contribution in [0.4, 0.5) is 0 Å². The van der Waals surface area contributed by atoms with Crippen molar-refractivity contribution >= 4 is 17.9 Å². The minimum Gasteiger partial charge on any atom is -0.323 e. The third kappa shape index (κ3) is 3.57. The van der Waals surface area contributed by atoms with Crippen molar-refractivity contribution in [1.82, 2.24) is 14.5 Å². The van der Waals surface area contributed by atoms with Gasteiger partial charge in [0.25, 0.3) is 0 Å². The number of aromatic nitrogens is 2. The van der Waals surface area contributed by atoms with Gasteiger partial charge in [0.2, 0.25) is 0 Å². The Kier molecular flexibility index (Phi) is 5.40. The van der Waals surface area contributed by atoms with Gasteiger partial charge in [-0.05, 0) is 32.4 Å². The number of hydrogen-bond acceptors (Lipinski definition) is 3. The van der Waals surface area contributed by atoms with E-state index < -0.39 is 0 Å². The fourth-order valence-corrected chi connectivity index (χ4v) is 2.86. The summed E-state index contributed by atoms with van der Waals surface area (Å²) in [5.41, 5.74) is 0.534. The summed E-state index contributed by atoms with van der Waals surface area (Å²) in [6, 6.07) is 0. The molecule has 19 heavy (non-hydrogen) atoms. The Labute approximate surface area is 119 Å². The molecule has 0 spiro atoms. The number of nitrogens with zero attached hydrogens (tertiary/aromatic N) is 3. The summed E-state index contributed by atoms with van der Waals surface area (Å²) >= 11 is 6.05. The van der Waals surface area contributed by atoms with E-state index in [0.29, 0.717) is 10.8 Å². The van der Waals surface area contributed by atoms with Gasteiger partial charge in [-0.1, -0.05) is 24.9 Å². The molecule has 1 aliphatic heterocycles. The number of aldehydes is 1. The molecule has 0 saturated carbocycles. The Hall–Kier alpha value is -0.870. The summed E-state index contributed by atoms with van der Waals surface area (Å²) < 4.78 is 2.00. The monoisotopic (exact) mass is 283 g/mol. The number of aryl methyl sites for hydroxylation is 1. The number of halogens is 1. The summed E-state index contributed by atoms with van der Waals surface area (Å²) in [6.07, 6.45) is 6.49. The molecular formula is C14H22ClN3O. The predicted octanol–water partition coefficient (Wildman–Crippen LogP) is 2.79. The predicted molar refractivity (Wildman–Crippen MR) is 76.9 cm³/mol. The first-order chi connectivity index (χ1) is 9.26.